The summed E-state index contributed by atoms with van der Waals surface area (Å²) in [5, 5.41) is 30.1. The second kappa shape index (κ2) is 14.4. The van der Waals surface area contributed by atoms with Crippen molar-refractivity contribution in [1.82, 2.24) is 29.5 Å². The van der Waals surface area contributed by atoms with Crippen LogP contribution < -0.4 is 9.47 Å². The SMILES string of the molecule is CC(O)/C(=C\c1cccc(OC(F)F)c1)n1ncnc1SSc1ncnn1/C(=C/c1cccc(OC(F)F)c1)C(C)O. The number of nitrogens with zero attached hydrogens (tertiary/aromatic N) is 6. The van der Waals surface area contributed by atoms with E-state index in [2.05, 4.69) is 29.6 Å². The molecule has 0 bridgehead atoms. The van der Waals surface area contributed by atoms with Gasteiger partial charge in [-0.1, -0.05) is 24.3 Å². The number of aliphatic hydroxyl groups is 2. The Kier molecular flexibility index (Phi) is 10.6. The van der Waals surface area contributed by atoms with Crippen LogP contribution in [0.3, 0.4) is 0 Å². The number of hydrogen-bond donors (Lipinski definition) is 2. The van der Waals surface area contributed by atoms with Gasteiger partial charge in [0.05, 0.1) is 23.6 Å². The molecule has 10 nitrogen and oxygen atoms in total. The fourth-order valence-corrected chi connectivity index (χ4v) is 5.53. The molecule has 0 saturated carbocycles. The number of halogens is 4. The largest absolute Gasteiger partial charge is 0.435 e. The van der Waals surface area contributed by atoms with Crippen LogP contribution >= 0.6 is 21.6 Å². The third kappa shape index (κ3) is 8.34. The molecule has 222 valence electrons. The Morgan fingerprint density at radius 3 is 1.50 bits per heavy atom. The Bertz CT molecular complexity index is 1430. The second-order valence-corrected chi connectivity index (χ2v) is 10.5. The molecule has 4 aromatic rings. The van der Waals surface area contributed by atoms with E-state index in [4.69, 9.17) is 0 Å². The normalized spacial score (nSPS) is 14.0. The molecule has 0 aliphatic carbocycles. The van der Waals surface area contributed by atoms with Crippen LogP contribution in [0.1, 0.15) is 25.0 Å². The maximum absolute atomic E-state index is 12.6. The van der Waals surface area contributed by atoms with Gasteiger partial charge < -0.3 is 19.7 Å². The molecule has 0 amide bonds. The first kappa shape index (κ1) is 31.1. The zero-order chi connectivity index (χ0) is 30.2. The molecule has 0 aliphatic rings. The fourth-order valence-electron chi connectivity index (χ4n) is 3.62. The molecular formula is C26H24F4N6O4S2. The first-order valence-corrected chi connectivity index (χ1v) is 14.3. The average Bonchev–Trinajstić information content (AvgIpc) is 3.58. The van der Waals surface area contributed by atoms with Gasteiger partial charge in [0, 0.05) is 0 Å². The molecule has 0 spiro atoms. The molecule has 42 heavy (non-hydrogen) atoms. The van der Waals surface area contributed by atoms with Gasteiger partial charge in [-0.15, -0.1) is 0 Å². The van der Waals surface area contributed by atoms with Crippen molar-refractivity contribution in [2.75, 3.05) is 0 Å². The molecule has 2 aromatic carbocycles. The van der Waals surface area contributed by atoms with Crippen LogP contribution in [0, 0.1) is 0 Å². The summed E-state index contributed by atoms with van der Waals surface area (Å²) in [6.07, 6.45) is 3.67. The molecule has 4 rings (SSSR count). The molecule has 0 aliphatic heterocycles. The Labute approximate surface area is 245 Å². The highest BCUT2D eigenvalue weighted by atomic mass is 33.1. The number of aromatic nitrogens is 6. The molecule has 0 fully saturated rings. The quantitative estimate of drug-likeness (QED) is 0.143. The minimum absolute atomic E-state index is 0.0398. The maximum atomic E-state index is 12.6. The van der Waals surface area contributed by atoms with Gasteiger partial charge in [-0.2, -0.15) is 27.8 Å². The summed E-state index contributed by atoms with van der Waals surface area (Å²) in [5.41, 5.74) is 1.58. The van der Waals surface area contributed by atoms with E-state index < -0.39 is 25.4 Å². The minimum Gasteiger partial charge on any atom is -0.435 e. The number of ether oxygens (including phenoxy) is 2. The van der Waals surface area contributed by atoms with E-state index in [9.17, 15) is 27.8 Å². The lowest BCUT2D eigenvalue weighted by atomic mass is 10.1. The van der Waals surface area contributed by atoms with E-state index in [0.717, 1.165) is 21.6 Å². The van der Waals surface area contributed by atoms with Crippen molar-refractivity contribution in [1.29, 1.82) is 0 Å². The van der Waals surface area contributed by atoms with Crippen molar-refractivity contribution in [2.45, 2.75) is 49.6 Å². The maximum Gasteiger partial charge on any atom is 0.387 e. The Balaban J connectivity index is 1.58. The first-order valence-electron chi connectivity index (χ1n) is 12.1. The van der Waals surface area contributed by atoms with Gasteiger partial charge in [-0.3, -0.25) is 0 Å². The number of rotatable bonds is 13. The lowest BCUT2D eigenvalue weighted by Crippen LogP contribution is -2.13. The third-order valence-electron chi connectivity index (χ3n) is 5.36. The van der Waals surface area contributed by atoms with Gasteiger partial charge in [0.1, 0.15) is 24.2 Å². The molecule has 0 radical (unpaired) electrons. The van der Waals surface area contributed by atoms with Crippen molar-refractivity contribution in [3.8, 4) is 11.5 Å². The van der Waals surface area contributed by atoms with Gasteiger partial charge in [0.25, 0.3) is 0 Å². The summed E-state index contributed by atoms with van der Waals surface area (Å²) in [6, 6.07) is 12.0. The predicted octanol–water partition coefficient (Wildman–Crippen LogP) is 5.63. The fraction of sp³-hybridized carbons (Fsp3) is 0.231. The van der Waals surface area contributed by atoms with Gasteiger partial charge >= 0.3 is 13.2 Å². The smallest absolute Gasteiger partial charge is 0.387 e. The van der Waals surface area contributed by atoms with Crippen LogP contribution in [0.5, 0.6) is 11.5 Å². The highest BCUT2D eigenvalue weighted by Crippen LogP contribution is 2.37. The molecule has 2 aromatic heterocycles. The van der Waals surface area contributed by atoms with E-state index >= 15 is 0 Å². The monoisotopic (exact) mass is 624 g/mol. The highest BCUT2D eigenvalue weighted by molar-refractivity contribution is 8.76. The Hall–Kier alpha value is -3.86. The van der Waals surface area contributed by atoms with E-state index in [-0.39, 0.29) is 11.5 Å². The summed E-state index contributed by atoms with van der Waals surface area (Å²) in [6.45, 7) is -2.92. The predicted molar refractivity (Wildman–Crippen MR) is 150 cm³/mol. The Morgan fingerprint density at radius 1 is 0.738 bits per heavy atom. The standard InChI is InChI=1S/C26H24F4N6O4S2/c1-15(37)21(11-17-5-3-7-19(9-17)39-23(27)28)35-25(31-13-33-35)41-42-26-32-14-34-36(26)22(16(2)38)12-18-6-4-8-20(10-18)40-24(29)30/h3-16,23-24,37-38H,1-2H3/b21-11+,22-12+. The zero-order valence-corrected chi connectivity index (χ0v) is 23.6. The van der Waals surface area contributed by atoms with E-state index in [1.807, 2.05) is 0 Å². The van der Waals surface area contributed by atoms with Gasteiger partial charge in [-0.25, -0.2) is 19.3 Å². The van der Waals surface area contributed by atoms with E-state index in [1.54, 1.807) is 24.3 Å². The minimum atomic E-state index is -2.98. The van der Waals surface area contributed by atoms with Crippen molar-refractivity contribution < 1.29 is 37.2 Å². The molecule has 2 N–H and O–H groups in total. The van der Waals surface area contributed by atoms with Crippen LogP contribution in [0.15, 0.2) is 71.5 Å². The van der Waals surface area contributed by atoms with Gasteiger partial charge in [-0.05, 0) is 83.0 Å². The van der Waals surface area contributed by atoms with Crippen molar-refractivity contribution in [2.24, 2.45) is 0 Å². The van der Waals surface area contributed by atoms with E-state index in [0.29, 0.717) is 32.8 Å². The second-order valence-electron chi connectivity index (χ2n) is 8.47. The average molecular weight is 625 g/mol. The summed E-state index contributed by atoms with van der Waals surface area (Å²) >= 11 is 0. The molecule has 2 heterocycles. The van der Waals surface area contributed by atoms with Gasteiger partial charge in [0.2, 0.25) is 10.3 Å². The van der Waals surface area contributed by atoms with Gasteiger partial charge in [0.15, 0.2) is 0 Å². The molecule has 2 atom stereocenters. The summed E-state index contributed by atoms with van der Waals surface area (Å²) in [4.78, 5) is 8.50. The zero-order valence-electron chi connectivity index (χ0n) is 22.0. The lowest BCUT2D eigenvalue weighted by Gasteiger charge is -2.14. The highest BCUT2D eigenvalue weighted by Gasteiger charge is 2.19. The van der Waals surface area contributed by atoms with Crippen LogP contribution in [-0.2, 0) is 0 Å². The molecule has 0 saturated heterocycles. The molecular weight excluding hydrogens is 600 g/mol. The summed E-state index contributed by atoms with van der Waals surface area (Å²) in [7, 11) is 2.27. The van der Waals surface area contributed by atoms with Crippen molar-refractivity contribution in [3.05, 3.63) is 72.3 Å². The Morgan fingerprint density at radius 2 is 1.14 bits per heavy atom. The number of alkyl halides is 4. The lowest BCUT2D eigenvalue weighted by molar-refractivity contribution is -0.0505. The number of aliphatic hydroxyl groups excluding tert-OH is 2. The van der Waals surface area contributed by atoms with Crippen LogP contribution in [-0.4, -0.2) is 65.2 Å². The molecule has 16 heteroatoms. The third-order valence-corrected chi connectivity index (χ3v) is 7.45. The van der Waals surface area contributed by atoms with E-state index in [1.165, 1.54) is 72.3 Å². The molecule has 2 unspecified atom stereocenters. The summed E-state index contributed by atoms with van der Waals surface area (Å²) in [5.74, 6) is -0.0796. The number of benzene rings is 2. The first-order chi connectivity index (χ1) is 20.1. The van der Waals surface area contributed by atoms with Crippen LogP contribution in [0.4, 0.5) is 17.6 Å². The summed E-state index contributed by atoms with van der Waals surface area (Å²) < 4.78 is 62.3. The van der Waals surface area contributed by atoms with Crippen molar-refractivity contribution in [3.63, 3.8) is 0 Å². The topological polar surface area (TPSA) is 120 Å². The number of hydrogen-bond acceptors (Lipinski definition) is 10. The van der Waals surface area contributed by atoms with Crippen LogP contribution in [0.25, 0.3) is 23.5 Å². The van der Waals surface area contributed by atoms with Crippen molar-refractivity contribution >= 4 is 45.1 Å². The van der Waals surface area contributed by atoms with Crippen LogP contribution in [0.2, 0.25) is 0 Å².